The van der Waals surface area contributed by atoms with E-state index in [4.69, 9.17) is 41.5 Å². The van der Waals surface area contributed by atoms with Crippen LogP contribution in [0.15, 0.2) is 97.2 Å². The summed E-state index contributed by atoms with van der Waals surface area (Å²) in [5, 5.41) is 38.2. The van der Waals surface area contributed by atoms with Crippen LogP contribution in [0.5, 0.6) is 11.8 Å². The third-order valence-corrected chi connectivity index (χ3v) is 17.3. The second-order valence-electron chi connectivity index (χ2n) is 21.6. The molecule has 0 radical (unpaired) electrons. The number of hydrogen-bond acceptors (Lipinski definition) is 15. The first-order valence-electron chi connectivity index (χ1n) is 27.2. The topological polar surface area (TPSA) is 219 Å². The molecule has 12 rings (SSSR count). The van der Waals surface area contributed by atoms with Gasteiger partial charge in [0, 0.05) is 78.4 Å². The number of likely N-dealkylation sites (tertiary alicyclic amines) is 1. The number of halogens is 3. The first kappa shape index (κ1) is 53.8. The third kappa shape index (κ3) is 10.4. The highest BCUT2D eigenvalue weighted by Gasteiger charge is 2.44. The van der Waals surface area contributed by atoms with E-state index in [-0.39, 0.29) is 81.4 Å². The van der Waals surface area contributed by atoms with Gasteiger partial charge in [0.25, 0.3) is 0 Å². The molecule has 7 heterocycles. The number of carbonyl (C=O) groups is 2. The lowest BCUT2D eigenvalue weighted by Crippen LogP contribution is -2.49. The van der Waals surface area contributed by atoms with Gasteiger partial charge in [0.15, 0.2) is 5.75 Å². The maximum atomic E-state index is 15.6. The number of nitriles is 1. The van der Waals surface area contributed by atoms with Crippen LogP contribution < -0.4 is 30.7 Å². The van der Waals surface area contributed by atoms with Gasteiger partial charge in [-0.25, -0.2) is 13.5 Å². The number of aliphatic hydroxyl groups excluding tert-OH is 1. The predicted molar refractivity (Wildman–Crippen MR) is 305 cm³/mol. The number of nitrogens with two attached hydrogens (primary N) is 1. The monoisotopic (exact) mass is 1130 g/mol. The van der Waals surface area contributed by atoms with Crippen LogP contribution in [0.25, 0.3) is 54.5 Å². The van der Waals surface area contributed by atoms with E-state index in [0.29, 0.717) is 87.7 Å². The van der Waals surface area contributed by atoms with E-state index in [1.165, 1.54) is 21.7 Å². The Bertz CT molecular complexity index is 3760. The number of rotatable bonds is 15. The van der Waals surface area contributed by atoms with E-state index in [9.17, 15) is 24.3 Å². The number of nitrogens with zero attached hydrogens (tertiary/aromatic N) is 8. The summed E-state index contributed by atoms with van der Waals surface area (Å²) < 4.78 is 50.9. The molecule has 2 amide bonds. The average Bonchev–Trinajstić information content (AvgIpc) is 4.44. The normalized spacial score (nSPS) is 19.8. The predicted octanol–water partition coefficient (Wildman–Crippen LogP) is 9.55. The number of nitrogen functional groups attached to an aromatic ring is 1. The van der Waals surface area contributed by atoms with Gasteiger partial charge in [-0.05, 0) is 59.7 Å². The quantitative estimate of drug-likeness (QED) is 0.0752. The van der Waals surface area contributed by atoms with E-state index in [0.717, 1.165) is 42.0 Å². The molecule has 0 spiro atoms. The number of anilines is 2. The molecule has 416 valence electrons. The molecule has 0 saturated carbocycles. The number of aromatic nitrogens is 5. The Morgan fingerprint density at radius 2 is 1.74 bits per heavy atom. The lowest BCUT2D eigenvalue weighted by atomic mass is 9.96. The summed E-state index contributed by atoms with van der Waals surface area (Å²) >= 11 is 8.40. The van der Waals surface area contributed by atoms with Crippen molar-refractivity contribution >= 4 is 66.6 Å². The molecule has 5 aromatic carbocycles. The SMILES string of the molecule is CC(C)[C@@H](C(=O)N1C[C@H](O)C[C@H]1C(=O)N[C@@H](C)c1ccc(-c2ccccc2F)cc1)n1cc(-c2ccc(COc3c(-c4ccc(F)c5sc(N)c(C#N)c45)c(Cl)cc4c(N5C[C@@H]6C[C@H]5CN6)nc(OC5CCOCC5)nc34)cc2)nn1. The van der Waals surface area contributed by atoms with Gasteiger partial charge >= 0.3 is 6.01 Å². The minimum atomic E-state index is -0.937. The number of nitrogens with one attached hydrogen (secondary N) is 2. The van der Waals surface area contributed by atoms with Crippen molar-refractivity contribution in [3.8, 4) is 51.3 Å². The van der Waals surface area contributed by atoms with Crippen LogP contribution in [0, 0.1) is 28.9 Å². The molecule has 21 heteroatoms. The number of ether oxygens (including phenoxy) is 3. The summed E-state index contributed by atoms with van der Waals surface area (Å²) in [5.74, 6) is -0.978. The molecule has 4 fully saturated rings. The fraction of sp³-hybridized carbons (Fsp3) is 0.350. The minimum absolute atomic E-state index is 0.0192. The summed E-state index contributed by atoms with van der Waals surface area (Å²) in [4.78, 5) is 42.3. The van der Waals surface area contributed by atoms with Crippen LogP contribution in [0.3, 0.4) is 0 Å². The summed E-state index contributed by atoms with van der Waals surface area (Å²) in [5.41, 5.74) is 11.7. The molecule has 0 unspecified atom stereocenters. The highest BCUT2D eigenvalue weighted by atomic mass is 35.5. The number of piperazine rings is 1. The number of benzene rings is 5. The molecule has 6 atom stereocenters. The number of β-amino-alcohol motifs (C(OH)–C–C–N with tert-alkyl or cyclic N) is 1. The van der Waals surface area contributed by atoms with Gasteiger partial charge in [0.1, 0.15) is 64.5 Å². The van der Waals surface area contributed by atoms with E-state index < -0.39 is 36.0 Å². The molecule has 4 saturated heterocycles. The number of amides is 2. The zero-order valence-corrected chi connectivity index (χ0v) is 46.2. The number of fused-ring (bicyclic) bond motifs is 4. The molecule has 8 aromatic rings. The lowest BCUT2D eigenvalue weighted by molar-refractivity contribution is -0.142. The number of aliphatic hydroxyl groups is 1. The Morgan fingerprint density at radius 1 is 0.975 bits per heavy atom. The smallest absolute Gasteiger partial charge is 0.319 e. The van der Waals surface area contributed by atoms with Crippen molar-refractivity contribution in [2.75, 3.05) is 43.5 Å². The van der Waals surface area contributed by atoms with Crippen molar-refractivity contribution in [2.24, 2.45) is 5.92 Å². The molecule has 2 bridgehead atoms. The summed E-state index contributed by atoms with van der Waals surface area (Å²) in [6, 6.07) is 26.6. The Balaban J connectivity index is 0.817. The van der Waals surface area contributed by atoms with Crippen LogP contribution in [0.4, 0.5) is 19.6 Å². The fourth-order valence-corrected chi connectivity index (χ4v) is 13.0. The first-order chi connectivity index (χ1) is 39.2. The maximum Gasteiger partial charge on any atom is 0.319 e. The number of carbonyl (C=O) groups excluding carboxylic acids is 2. The highest BCUT2D eigenvalue weighted by molar-refractivity contribution is 7.23. The van der Waals surface area contributed by atoms with E-state index in [1.54, 1.807) is 42.6 Å². The third-order valence-electron chi connectivity index (χ3n) is 16.0. The molecular formula is C60H58ClF2N11O6S. The molecule has 0 aliphatic carbocycles. The highest BCUT2D eigenvalue weighted by Crippen LogP contribution is 2.50. The van der Waals surface area contributed by atoms with Crippen LogP contribution in [0.2, 0.25) is 5.02 Å². The minimum Gasteiger partial charge on any atom is -0.486 e. The Kier molecular flexibility index (Phi) is 14.8. The van der Waals surface area contributed by atoms with Gasteiger partial charge in [-0.15, -0.1) is 16.4 Å². The second kappa shape index (κ2) is 22.3. The van der Waals surface area contributed by atoms with Gasteiger partial charge < -0.3 is 45.5 Å². The lowest BCUT2D eigenvalue weighted by Gasteiger charge is -2.30. The summed E-state index contributed by atoms with van der Waals surface area (Å²) in [6.07, 6.45) is 2.96. The van der Waals surface area contributed by atoms with Crippen molar-refractivity contribution < 1.29 is 37.7 Å². The van der Waals surface area contributed by atoms with E-state index in [1.807, 2.05) is 63.2 Å². The van der Waals surface area contributed by atoms with E-state index in [2.05, 4.69) is 31.9 Å². The molecule has 4 aliphatic rings. The van der Waals surface area contributed by atoms with Gasteiger partial charge in [-0.2, -0.15) is 15.2 Å². The van der Waals surface area contributed by atoms with Gasteiger partial charge in [0.2, 0.25) is 11.8 Å². The average molecular weight is 1130 g/mol. The molecule has 5 N–H and O–H groups in total. The van der Waals surface area contributed by atoms with Crippen molar-refractivity contribution in [3.05, 3.63) is 131 Å². The zero-order valence-electron chi connectivity index (χ0n) is 44.6. The van der Waals surface area contributed by atoms with Crippen LogP contribution in [-0.2, 0) is 20.9 Å². The van der Waals surface area contributed by atoms with Crippen LogP contribution in [0.1, 0.15) is 75.2 Å². The second-order valence-corrected chi connectivity index (χ2v) is 23.1. The molecule has 3 aromatic heterocycles. The van der Waals surface area contributed by atoms with Gasteiger partial charge in [-0.3, -0.25) is 9.59 Å². The van der Waals surface area contributed by atoms with Crippen LogP contribution >= 0.6 is 22.9 Å². The largest absolute Gasteiger partial charge is 0.486 e. The van der Waals surface area contributed by atoms with Crippen molar-refractivity contribution in [3.63, 3.8) is 0 Å². The van der Waals surface area contributed by atoms with Crippen molar-refractivity contribution in [2.45, 2.75) is 95.5 Å². The zero-order chi connectivity index (χ0) is 56.2. The fourth-order valence-electron chi connectivity index (χ4n) is 11.8. The maximum absolute atomic E-state index is 15.6. The van der Waals surface area contributed by atoms with Gasteiger partial charge in [0.05, 0.1) is 46.8 Å². The van der Waals surface area contributed by atoms with Crippen molar-refractivity contribution in [1.29, 1.82) is 5.26 Å². The van der Waals surface area contributed by atoms with Gasteiger partial charge in [-0.1, -0.05) is 103 Å². The standard InChI is InChI=1S/C60H58ClF2N11O6S/c1-31(2)53(59(77)73-28-39(75)23-49(73)58(76)67-32(3)34-12-14-35(15-13-34)41-6-4-5-7-46(41)62)74-29-48(70-71-74)36-10-8-33(9-11-36)30-79-54-51(42-16-17-47(63)55-50(42)44(25-64)56(65)81-55)45(61)24-43-52(54)68-60(80-40-18-20-78-21-19-40)69-57(43)72-27-37-22-38(72)26-66-37/h4-17,24,29,31-32,37-40,49,53,66,75H,18-23,26-28,30,65H2,1-3H3,(H,67,76)/t32-,37-,38-,39+,49-,53-/m0/s1. The molecule has 4 aliphatic heterocycles. The molecular weight excluding hydrogens is 1080 g/mol. The molecule has 81 heavy (non-hydrogen) atoms. The summed E-state index contributed by atoms with van der Waals surface area (Å²) in [7, 11) is 0. The number of thiophene rings is 1. The molecule has 17 nitrogen and oxygen atoms in total. The van der Waals surface area contributed by atoms with Crippen molar-refractivity contribution in [1.82, 2.24) is 40.5 Å². The van der Waals surface area contributed by atoms with Crippen LogP contribution in [-0.4, -0.2) is 110 Å². The first-order valence-corrected chi connectivity index (χ1v) is 28.4. The summed E-state index contributed by atoms with van der Waals surface area (Å²) in [6.45, 7) is 8.21. The Hall–Kier alpha value is -7.80. The Morgan fingerprint density at radius 3 is 2.46 bits per heavy atom. The number of hydrogen-bond donors (Lipinski definition) is 4. The van der Waals surface area contributed by atoms with E-state index >= 15 is 4.39 Å². The Labute approximate surface area is 474 Å².